The Labute approximate surface area is 160 Å². The van der Waals surface area contributed by atoms with Crippen LogP contribution in [-0.4, -0.2) is 0 Å². The average Bonchev–Trinajstić information content (AvgIpc) is 2.69. The molecular formula is C25H22N2. The van der Waals surface area contributed by atoms with Crippen LogP contribution in [-0.2, 0) is 0 Å². The minimum Gasteiger partial charge on any atom is -0.399 e. The molecule has 0 fully saturated rings. The van der Waals surface area contributed by atoms with Crippen molar-refractivity contribution in [2.75, 3.05) is 11.5 Å². The van der Waals surface area contributed by atoms with E-state index in [0.29, 0.717) is 0 Å². The molecule has 0 aliphatic carbocycles. The van der Waals surface area contributed by atoms with Gasteiger partial charge in [-0.15, -0.1) is 0 Å². The number of nitrogens with two attached hydrogens (primary N) is 2. The zero-order chi connectivity index (χ0) is 18.8. The minimum atomic E-state index is 0.753. The van der Waals surface area contributed by atoms with Crippen molar-refractivity contribution in [3.8, 4) is 33.4 Å². The molecule has 0 aliphatic heterocycles. The third kappa shape index (κ3) is 3.42. The van der Waals surface area contributed by atoms with Gasteiger partial charge in [0.15, 0.2) is 0 Å². The van der Waals surface area contributed by atoms with Crippen molar-refractivity contribution < 1.29 is 0 Å². The molecule has 4 aromatic rings. The molecule has 0 spiro atoms. The summed E-state index contributed by atoms with van der Waals surface area (Å²) < 4.78 is 0. The van der Waals surface area contributed by atoms with Crippen molar-refractivity contribution >= 4 is 11.4 Å². The summed E-state index contributed by atoms with van der Waals surface area (Å²) >= 11 is 0. The van der Waals surface area contributed by atoms with Gasteiger partial charge >= 0.3 is 0 Å². The SMILES string of the molecule is Cc1ccc(-c2ccccc2-c2cc(N)ccc2-c2ccc(N)cc2)cc1. The highest BCUT2D eigenvalue weighted by atomic mass is 14.5. The van der Waals surface area contributed by atoms with Crippen LogP contribution in [0.3, 0.4) is 0 Å². The van der Waals surface area contributed by atoms with Crippen LogP contribution in [0, 0.1) is 6.92 Å². The molecule has 0 unspecified atom stereocenters. The summed E-state index contributed by atoms with van der Waals surface area (Å²) in [5.41, 5.74) is 21.7. The van der Waals surface area contributed by atoms with E-state index in [0.717, 1.165) is 28.1 Å². The summed E-state index contributed by atoms with van der Waals surface area (Å²) in [7, 11) is 0. The number of aryl methyl sites for hydroxylation is 1. The summed E-state index contributed by atoms with van der Waals surface area (Å²) in [6.07, 6.45) is 0. The quantitative estimate of drug-likeness (QED) is 0.435. The molecule has 0 saturated carbocycles. The molecule has 2 heteroatoms. The fourth-order valence-electron chi connectivity index (χ4n) is 3.40. The van der Waals surface area contributed by atoms with Crippen LogP contribution in [0.4, 0.5) is 11.4 Å². The van der Waals surface area contributed by atoms with E-state index in [-0.39, 0.29) is 0 Å². The molecule has 4 aromatic carbocycles. The van der Waals surface area contributed by atoms with Crippen LogP contribution in [0.25, 0.3) is 33.4 Å². The van der Waals surface area contributed by atoms with Crippen LogP contribution < -0.4 is 11.5 Å². The number of rotatable bonds is 3. The smallest absolute Gasteiger partial charge is 0.0320 e. The highest BCUT2D eigenvalue weighted by molar-refractivity contribution is 5.93. The molecule has 0 aliphatic rings. The zero-order valence-electron chi connectivity index (χ0n) is 15.3. The Balaban J connectivity index is 1.93. The first-order valence-corrected chi connectivity index (χ1v) is 9.04. The summed E-state index contributed by atoms with van der Waals surface area (Å²) in [6, 6.07) is 31.2. The van der Waals surface area contributed by atoms with Gasteiger partial charge in [0.05, 0.1) is 0 Å². The second-order valence-corrected chi connectivity index (χ2v) is 6.84. The molecule has 4 rings (SSSR count). The maximum absolute atomic E-state index is 6.16. The Bertz CT molecular complexity index is 1080. The fourth-order valence-corrected chi connectivity index (χ4v) is 3.40. The van der Waals surface area contributed by atoms with Gasteiger partial charge in [0, 0.05) is 11.4 Å². The molecule has 27 heavy (non-hydrogen) atoms. The highest BCUT2D eigenvalue weighted by Crippen LogP contribution is 2.39. The predicted molar refractivity (Wildman–Crippen MR) is 116 cm³/mol. The lowest BCUT2D eigenvalue weighted by atomic mass is 9.89. The molecule has 0 bridgehead atoms. The van der Waals surface area contributed by atoms with E-state index < -0.39 is 0 Å². The van der Waals surface area contributed by atoms with Crippen LogP contribution in [0.2, 0.25) is 0 Å². The minimum absolute atomic E-state index is 0.753. The molecule has 0 aromatic heterocycles. The second kappa shape index (κ2) is 7.00. The molecular weight excluding hydrogens is 328 g/mol. The molecule has 0 heterocycles. The number of anilines is 2. The molecule has 4 N–H and O–H groups in total. The number of hydrogen-bond acceptors (Lipinski definition) is 2. The van der Waals surface area contributed by atoms with Gasteiger partial charge in [0.1, 0.15) is 0 Å². The molecule has 0 atom stereocenters. The molecule has 0 amide bonds. The Morgan fingerprint density at radius 1 is 0.481 bits per heavy atom. The average molecular weight is 350 g/mol. The van der Waals surface area contributed by atoms with Gasteiger partial charge < -0.3 is 11.5 Å². The Kier molecular flexibility index (Phi) is 4.39. The third-order valence-corrected chi connectivity index (χ3v) is 4.85. The molecule has 2 nitrogen and oxygen atoms in total. The van der Waals surface area contributed by atoms with Crippen LogP contribution in [0.1, 0.15) is 5.56 Å². The highest BCUT2D eigenvalue weighted by Gasteiger charge is 2.13. The molecule has 0 saturated heterocycles. The molecule has 132 valence electrons. The summed E-state index contributed by atoms with van der Waals surface area (Å²) in [5.74, 6) is 0. The van der Waals surface area contributed by atoms with Gasteiger partial charge in [0.2, 0.25) is 0 Å². The predicted octanol–water partition coefficient (Wildman–Crippen LogP) is 6.16. The van der Waals surface area contributed by atoms with E-state index in [1.54, 1.807) is 0 Å². The van der Waals surface area contributed by atoms with Crippen molar-refractivity contribution in [1.29, 1.82) is 0 Å². The van der Waals surface area contributed by atoms with E-state index in [2.05, 4.69) is 79.7 Å². The van der Waals surface area contributed by atoms with E-state index in [4.69, 9.17) is 11.5 Å². The van der Waals surface area contributed by atoms with E-state index in [1.165, 1.54) is 22.3 Å². The van der Waals surface area contributed by atoms with Crippen LogP contribution in [0.15, 0.2) is 91.0 Å². The van der Waals surface area contributed by atoms with Gasteiger partial charge in [0.25, 0.3) is 0 Å². The zero-order valence-corrected chi connectivity index (χ0v) is 15.3. The Morgan fingerprint density at radius 3 is 1.67 bits per heavy atom. The van der Waals surface area contributed by atoms with Gasteiger partial charge in [-0.3, -0.25) is 0 Å². The van der Waals surface area contributed by atoms with Gasteiger partial charge in [-0.25, -0.2) is 0 Å². The van der Waals surface area contributed by atoms with Gasteiger partial charge in [-0.1, -0.05) is 72.3 Å². The van der Waals surface area contributed by atoms with Crippen molar-refractivity contribution in [2.45, 2.75) is 6.92 Å². The largest absolute Gasteiger partial charge is 0.399 e. The summed E-state index contributed by atoms with van der Waals surface area (Å²) in [5, 5.41) is 0. The lowest BCUT2D eigenvalue weighted by Gasteiger charge is -2.16. The van der Waals surface area contributed by atoms with Crippen molar-refractivity contribution in [1.82, 2.24) is 0 Å². The topological polar surface area (TPSA) is 52.0 Å². The third-order valence-electron chi connectivity index (χ3n) is 4.85. The summed E-state index contributed by atoms with van der Waals surface area (Å²) in [4.78, 5) is 0. The van der Waals surface area contributed by atoms with Crippen LogP contribution in [0.5, 0.6) is 0 Å². The van der Waals surface area contributed by atoms with Crippen molar-refractivity contribution in [2.24, 2.45) is 0 Å². The number of hydrogen-bond donors (Lipinski definition) is 2. The standard InChI is InChI=1S/C25H22N2/c1-17-6-8-18(9-7-17)22-4-2-3-5-24(22)25-16-21(27)14-15-23(25)19-10-12-20(26)13-11-19/h2-16H,26-27H2,1H3. The first kappa shape index (κ1) is 16.9. The summed E-state index contributed by atoms with van der Waals surface area (Å²) in [6.45, 7) is 2.10. The first-order valence-electron chi connectivity index (χ1n) is 9.04. The maximum Gasteiger partial charge on any atom is 0.0320 e. The molecule has 0 radical (unpaired) electrons. The fraction of sp³-hybridized carbons (Fsp3) is 0.0400. The second-order valence-electron chi connectivity index (χ2n) is 6.84. The number of benzene rings is 4. The Hall–Kier alpha value is -3.52. The van der Waals surface area contributed by atoms with Gasteiger partial charge in [-0.2, -0.15) is 0 Å². The van der Waals surface area contributed by atoms with Crippen LogP contribution >= 0.6 is 0 Å². The van der Waals surface area contributed by atoms with Gasteiger partial charge in [-0.05, 0) is 64.6 Å². The van der Waals surface area contributed by atoms with E-state index in [9.17, 15) is 0 Å². The van der Waals surface area contributed by atoms with Crippen molar-refractivity contribution in [3.05, 3.63) is 96.6 Å². The monoisotopic (exact) mass is 350 g/mol. The normalized spacial score (nSPS) is 10.7. The number of nitrogen functional groups attached to an aromatic ring is 2. The maximum atomic E-state index is 6.16. The lowest BCUT2D eigenvalue weighted by Crippen LogP contribution is -1.93. The lowest BCUT2D eigenvalue weighted by molar-refractivity contribution is 1.47. The van der Waals surface area contributed by atoms with Crippen molar-refractivity contribution in [3.63, 3.8) is 0 Å². The first-order chi connectivity index (χ1) is 13.1. The van der Waals surface area contributed by atoms with E-state index >= 15 is 0 Å². The Morgan fingerprint density at radius 2 is 1.00 bits per heavy atom. The van der Waals surface area contributed by atoms with E-state index in [1.807, 2.05) is 18.2 Å².